The molecule has 0 aromatic heterocycles. The van der Waals surface area contributed by atoms with Crippen molar-refractivity contribution in [2.75, 3.05) is 0 Å². The Morgan fingerprint density at radius 1 is 0.800 bits per heavy atom. The highest BCUT2D eigenvalue weighted by Gasteiger charge is 1.81. The van der Waals surface area contributed by atoms with Crippen molar-refractivity contribution in [2.24, 2.45) is 0 Å². The summed E-state index contributed by atoms with van der Waals surface area (Å²) in [7, 11) is 0.0994. The molecule has 3 heteroatoms. The van der Waals surface area contributed by atoms with Gasteiger partial charge in [-0.2, -0.15) is 0 Å². The summed E-state index contributed by atoms with van der Waals surface area (Å²) in [4.78, 5) is 0. The van der Waals surface area contributed by atoms with Crippen molar-refractivity contribution in [3.8, 4) is 5.75 Å². The number of benzene rings is 2. The Morgan fingerprint density at radius 3 is 1.53 bits per heavy atom. The zero-order valence-corrected chi connectivity index (χ0v) is 8.97. The molecule has 0 bridgehead atoms. The minimum Gasteiger partial charge on any atom is -0.508 e. The van der Waals surface area contributed by atoms with Gasteiger partial charge in [0.05, 0.1) is 0 Å². The molecule has 0 spiro atoms. The van der Waals surface area contributed by atoms with Crippen LogP contribution in [0.4, 0.5) is 0 Å². The van der Waals surface area contributed by atoms with Crippen molar-refractivity contribution >= 4 is 13.8 Å². The molecular formula is C12H11O2P. The van der Waals surface area contributed by atoms with Crippen LogP contribution in [-0.4, -0.2) is 5.11 Å². The number of hydrogen-bond donors (Lipinski definition) is 1. The zero-order chi connectivity index (χ0) is 10.9. The van der Waals surface area contributed by atoms with Gasteiger partial charge in [0.2, 0.25) is 0 Å². The summed E-state index contributed by atoms with van der Waals surface area (Å²) in [6.45, 7) is 0. The number of para-hydroxylation sites is 1. The van der Waals surface area contributed by atoms with Crippen LogP contribution >= 0.6 is 8.46 Å². The molecule has 0 atom stereocenters. The average Bonchev–Trinajstić information content (AvgIpc) is 2.32. The van der Waals surface area contributed by atoms with Crippen molar-refractivity contribution < 1.29 is 9.67 Å². The third-order valence-corrected chi connectivity index (χ3v) is 2.13. The molecule has 76 valence electrons. The number of rotatable bonds is 1. The summed E-state index contributed by atoms with van der Waals surface area (Å²) in [6, 6.07) is 18.0. The fourth-order valence-corrected chi connectivity index (χ4v) is 1.21. The summed E-state index contributed by atoms with van der Waals surface area (Å²) in [5, 5.41) is 9.46. The lowest BCUT2D eigenvalue weighted by Crippen LogP contribution is -1.84. The van der Waals surface area contributed by atoms with E-state index < -0.39 is 0 Å². The molecular weight excluding hydrogens is 207 g/mol. The maximum absolute atomic E-state index is 10.1. The molecule has 0 heterocycles. The molecule has 0 radical (unpaired) electrons. The fourth-order valence-electron chi connectivity index (χ4n) is 0.917. The maximum Gasteiger partial charge on any atom is 0.192 e. The van der Waals surface area contributed by atoms with Crippen LogP contribution < -0.4 is 5.30 Å². The van der Waals surface area contributed by atoms with Gasteiger partial charge in [-0.3, -0.25) is 4.57 Å². The molecule has 0 aliphatic heterocycles. The topological polar surface area (TPSA) is 37.3 Å². The second-order valence-corrected chi connectivity index (χ2v) is 3.46. The first-order valence-corrected chi connectivity index (χ1v) is 5.26. The van der Waals surface area contributed by atoms with Gasteiger partial charge in [0, 0.05) is 5.30 Å². The Morgan fingerprint density at radius 2 is 1.27 bits per heavy atom. The lowest BCUT2D eigenvalue weighted by atomic mass is 10.3. The van der Waals surface area contributed by atoms with E-state index in [4.69, 9.17) is 5.11 Å². The third-order valence-electron chi connectivity index (χ3n) is 1.62. The van der Waals surface area contributed by atoms with E-state index in [1.54, 1.807) is 24.3 Å². The predicted octanol–water partition coefficient (Wildman–Crippen LogP) is 3.00. The van der Waals surface area contributed by atoms with Gasteiger partial charge < -0.3 is 5.11 Å². The molecule has 0 fully saturated rings. The van der Waals surface area contributed by atoms with E-state index in [0.29, 0.717) is 5.75 Å². The molecule has 0 saturated heterocycles. The van der Waals surface area contributed by atoms with Crippen molar-refractivity contribution in [2.45, 2.75) is 0 Å². The highest BCUT2D eigenvalue weighted by molar-refractivity contribution is 7.34. The van der Waals surface area contributed by atoms with Gasteiger partial charge in [-0.25, -0.2) is 0 Å². The van der Waals surface area contributed by atoms with Crippen LogP contribution in [0.25, 0.3) is 0 Å². The molecule has 0 unspecified atom stereocenters. The number of aromatic hydroxyl groups is 1. The van der Waals surface area contributed by atoms with E-state index in [1.807, 2.05) is 36.4 Å². The van der Waals surface area contributed by atoms with E-state index >= 15 is 0 Å². The van der Waals surface area contributed by atoms with Crippen LogP contribution in [0.15, 0.2) is 60.7 Å². The average molecular weight is 218 g/mol. The molecule has 0 aliphatic rings. The highest BCUT2D eigenvalue weighted by Crippen LogP contribution is 2.02. The Bertz CT molecular complexity index is 387. The largest absolute Gasteiger partial charge is 0.508 e. The van der Waals surface area contributed by atoms with Crippen molar-refractivity contribution in [1.29, 1.82) is 0 Å². The van der Waals surface area contributed by atoms with E-state index in [0.717, 1.165) is 5.30 Å². The smallest absolute Gasteiger partial charge is 0.192 e. The normalized spacial score (nSPS) is 9.07. The first-order valence-electron chi connectivity index (χ1n) is 4.45. The van der Waals surface area contributed by atoms with E-state index in [9.17, 15) is 4.57 Å². The molecule has 2 aromatic rings. The quantitative estimate of drug-likeness (QED) is 0.747. The molecule has 0 amide bonds. The van der Waals surface area contributed by atoms with Crippen LogP contribution in [0.5, 0.6) is 5.75 Å². The monoisotopic (exact) mass is 218 g/mol. The Labute approximate surface area is 90.4 Å². The van der Waals surface area contributed by atoms with Crippen LogP contribution in [0.2, 0.25) is 0 Å². The SMILES string of the molecule is O=Pc1ccccc1.Oc1ccccc1. The second-order valence-electron chi connectivity index (χ2n) is 2.76. The lowest BCUT2D eigenvalue weighted by Gasteiger charge is -1.82. The van der Waals surface area contributed by atoms with Gasteiger partial charge >= 0.3 is 0 Å². The molecule has 15 heavy (non-hydrogen) atoms. The zero-order valence-electron chi connectivity index (χ0n) is 8.08. The first kappa shape index (κ1) is 11.4. The maximum atomic E-state index is 10.1. The molecule has 2 rings (SSSR count). The van der Waals surface area contributed by atoms with E-state index in [1.165, 1.54) is 0 Å². The van der Waals surface area contributed by atoms with Gasteiger partial charge in [-0.15, -0.1) is 0 Å². The molecule has 0 aliphatic carbocycles. The minimum atomic E-state index is 0.0994. The van der Waals surface area contributed by atoms with Gasteiger partial charge in [-0.1, -0.05) is 36.4 Å². The van der Waals surface area contributed by atoms with Crippen LogP contribution in [0.1, 0.15) is 0 Å². The summed E-state index contributed by atoms with van der Waals surface area (Å²) in [5.41, 5.74) is 0. The fraction of sp³-hybridized carbons (Fsp3) is 0. The van der Waals surface area contributed by atoms with E-state index in [-0.39, 0.29) is 8.46 Å². The van der Waals surface area contributed by atoms with Crippen LogP contribution in [0.3, 0.4) is 0 Å². The summed E-state index contributed by atoms with van der Waals surface area (Å²) in [6.07, 6.45) is 0. The van der Waals surface area contributed by atoms with Gasteiger partial charge in [-0.05, 0) is 24.3 Å². The standard InChI is InChI=1S/C6H5OP.C6H6O/c7-8-6-4-2-1-3-5-6;7-6-4-2-1-3-5-6/h1-5H;1-5,7H. The lowest BCUT2D eigenvalue weighted by molar-refractivity contribution is 0.475. The van der Waals surface area contributed by atoms with Crippen molar-refractivity contribution in [3.05, 3.63) is 60.7 Å². The molecule has 0 saturated carbocycles. The molecule has 2 nitrogen and oxygen atoms in total. The second kappa shape index (κ2) is 6.74. The Kier molecular flexibility index (Phi) is 5.13. The van der Waals surface area contributed by atoms with Crippen molar-refractivity contribution in [3.63, 3.8) is 0 Å². The minimum absolute atomic E-state index is 0.0994. The number of phenolic OH excluding ortho intramolecular Hbond substituents is 1. The molecule has 1 N–H and O–H groups in total. The van der Waals surface area contributed by atoms with Gasteiger partial charge in [0.1, 0.15) is 5.75 Å². The predicted molar refractivity (Wildman–Crippen MR) is 61.8 cm³/mol. The van der Waals surface area contributed by atoms with Gasteiger partial charge in [0.15, 0.2) is 8.46 Å². The Balaban J connectivity index is 0.000000151. The van der Waals surface area contributed by atoms with Gasteiger partial charge in [0.25, 0.3) is 0 Å². The summed E-state index contributed by atoms with van der Waals surface area (Å²) in [5.74, 6) is 0.322. The van der Waals surface area contributed by atoms with E-state index in [2.05, 4.69) is 0 Å². The van der Waals surface area contributed by atoms with Crippen LogP contribution in [0, 0.1) is 0 Å². The number of phenols is 1. The molecule has 2 aromatic carbocycles. The first-order chi connectivity index (χ1) is 7.33. The number of hydrogen-bond acceptors (Lipinski definition) is 2. The van der Waals surface area contributed by atoms with Crippen molar-refractivity contribution in [1.82, 2.24) is 0 Å². The van der Waals surface area contributed by atoms with Crippen LogP contribution in [-0.2, 0) is 4.57 Å². The third kappa shape index (κ3) is 4.94. The summed E-state index contributed by atoms with van der Waals surface area (Å²) >= 11 is 0. The Hall–Kier alpha value is -1.66. The summed E-state index contributed by atoms with van der Waals surface area (Å²) < 4.78 is 10.1. The highest BCUT2D eigenvalue weighted by atomic mass is 31.1.